The summed E-state index contributed by atoms with van der Waals surface area (Å²) in [5, 5.41) is 6.13. The highest BCUT2D eigenvalue weighted by Crippen LogP contribution is 2.35. The summed E-state index contributed by atoms with van der Waals surface area (Å²) < 4.78 is 25.1. The third kappa shape index (κ3) is 5.01. The standard InChI is InChI=1S/C24H24FN5O4S/c1-33-22-7-5-18-23(29-22)16(17(25)11-27-18)3-2-8-26-10-15-12-30(24(32)34-15)14-4-6-20-19(9-14)28-21(31)13-35-20/h4-7,9,11,15,26H,2-3,8,10,12-13H2,1H3,(H,28,31). The predicted molar refractivity (Wildman–Crippen MR) is 131 cm³/mol. The number of anilines is 2. The van der Waals surface area contributed by atoms with Gasteiger partial charge in [0.15, 0.2) is 0 Å². The van der Waals surface area contributed by atoms with Gasteiger partial charge in [-0.3, -0.25) is 14.7 Å². The lowest BCUT2D eigenvalue weighted by Crippen LogP contribution is -2.31. The van der Waals surface area contributed by atoms with Gasteiger partial charge < -0.3 is 20.1 Å². The highest BCUT2D eigenvalue weighted by atomic mass is 32.2. The van der Waals surface area contributed by atoms with E-state index in [1.165, 1.54) is 25.1 Å². The van der Waals surface area contributed by atoms with E-state index in [9.17, 15) is 14.0 Å². The van der Waals surface area contributed by atoms with E-state index in [2.05, 4.69) is 20.6 Å². The number of pyridine rings is 2. The molecule has 1 aromatic carbocycles. The molecule has 2 N–H and O–H groups in total. The smallest absolute Gasteiger partial charge is 0.414 e. The summed E-state index contributed by atoms with van der Waals surface area (Å²) in [5.41, 5.74) is 3.02. The molecule has 5 rings (SSSR count). The van der Waals surface area contributed by atoms with Gasteiger partial charge in [0, 0.05) is 28.8 Å². The number of ether oxygens (including phenoxy) is 2. The largest absolute Gasteiger partial charge is 0.481 e. The van der Waals surface area contributed by atoms with Crippen molar-refractivity contribution in [1.82, 2.24) is 15.3 Å². The second-order valence-electron chi connectivity index (χ2n) is 8.25. The molecule has 2 aromatic heterocycles. The number of halogens is 1. The van der Waals surface area contributed by atoms with Crippen LogP contribution in [-0.4, -0.2) is 60.6 Å². The van der Waals surface area contributed by atoms with Crippen LogP contribution in [0.15, 0.2) is 41.4 Å². The number of cyclic esters (lactones) is 1. The predicted octanol–water partition coefficient (Wildman–Crippen LogP) is 3.37. The minimum Gasteiger partial charge on any atom is -0.481 e. The average Bonchev–Trinajstić information content (AvgIpc) is 3.24. The van der Waals surface area contributed by atoms with Gasteiger partial charge in [0.2, 0.25) is 11.8 Å². The van der Waals surface area contributed by atoms with Crippen LogP contribution in [0.5, 0.6) is 5.88 Å². The summed E-state index contributed by atoms with van der Waals surface area (Å²) >= 11 is 1.47. The van der Waals surface area contributed by atoms with E-state index in [0.717, 1.165) is 4.90 Å². The summed E-state index contributed by atoms with van der Waals surface area (Å²) in [6, 6.07) is 9.02. The fourth-order valence-electron chi connectivity index (χ4n) is 4.16. The number of carbonyl (C=O) groups is 2. The van der Waals surface area contributed by atoms with Crippen LogP contribution in [0, 0.1) is 5.82 Å². The molecule has 35 heavy (non-hydrogen) atoms. The van der Waals surface area contributed by atoms with Crippen molar-refractivity contribution < 1.29 is 23.5 Å². The van der Waals surface area contributed by atoms with Gasteiger partial charge >= 0.3 is 6.09 Å². The molecule has 3 aromatic rings. The van der Waals surface area contributed by atoms with E-state index in [1.54, 1.807) is 23.1 Å². The Kier molecular flexibility index (Phi) is 6.69. The third-order valence-corrected chi connectivity index (χ3v) is 6.96. The fraction of sp³-hybridized carbons (Fsp3) is 0.333. The molecule has 182 valence electrons. The van der Waals surface area contributed by atoms with Gasteiger partial charge in [0.1, 0.15) is 11.9 Å². The summed E-state index contributed by atoms with van der Waals surface area (Å²) in [7, 11) is 1.52. The number of nitrogens with zero attached hydrogens (tertiary/aromatic N) is 3. The Morgan fingerprint density at radius 3 is 3.06 bits per heavy atom. The van der Waals surface area contributed by atoms with Gasteiger partial charge in [-0.1, -0.05) is 0 Å². The first-order valence-corrected chi connectivity index (χ1v) is 12.2. The molecular weight excluding hydrogens is 473 g/mol. The van der Waals surface area contributed by atoms with Crippen LogP contribution in [-0.2, 0) is 16.0 Å². The lowest BCUT2D eigenvalue weighted by Gasteiger charge is -2.20. The number of fused-ring (bicyclic) bond motifs is 2. The summed E-state index contributed by atoms with van der Waals surface area (Å²) in [4.78, 5) is 35.1. The molecule has 2 aliphatic heterocycles. The van der Waals surface area contributed by atoms with Crippen molar-refractivity contribution in [3.05, 3.63) is 47.9 Å². The summed E-state index contributed by atoms with van der Waals surface area (Å²) in [5.74, 6) is 0.358. The van der Waals surface area contributed by atoms with E-state index in [-0.39, 0.29) is 12.0 Å². The number of aryl methyl sites for hydroxylation is 1. The second-order valence-corrected chi connectivity index (χ2v) is 9.26. The number of rotatable bonds is 8. The van der Waals surface area contributed by atoms with Crippen molar-refractivity contribution >= 4 is 46.2 Å². The molecule has 0 radical (unpaired) electrons. The number of thioether (sulfide) groups is 1. The Morgan fingerprint density at radius 2 is 2.20 bits per heavy atom. The van der Waals surface area contributed by atoms with Crippen LogP contribution >= 0.6 is 11.8 Å². The summed E-state index contributed by atoms with van der Waals surface area (Å²) in [6.07, 6.45) is 1.63. The van der Waals surface area contributed by atoms with Crippen LogP contribution in [0.25, 0.3) is 11.0 Å². The van der Waals surface area contributed by atoms with Crippen LogP contribution in [0.3, 0.4) is 0 Å². The Balaban J connectivity index is 1.14. The number of benzene rings is 1. The Hall–Kier alpha value is -3.44. The van der Waals surface area contributed by atoms with E-state index in [4.69, 9.17) is 9.47 Å². The maximum atomic E-state index is 14.4. The van der Waals surface area contributed by atoms with Gasteiger partial charge in [0.25, 0.3) is 0 Å². The lowest BCUT2D eigenvalue weighted by atomic mass is 10.1. The lowest BCUT2D eigenvalue weighted by molar-refractivity contribution is -0.113. The van der Waals surface area contributed by atoms with Crippen LogP contribution < -0.4 is 20.3 Å². The molecule has 0 spiro atoms. The highest BCUT2D eigenvalue weighted by Gasteiger charge is 2.32. The average molecular weight is 498 g/mol. The molecule has 2 amide bonds. The van der Waals surface area contributed by atoms with E-state index < -0.39 is 11.9 Å². The maximum Gasteiger partial charge on any atom is 0.414 e. The molecule has 4 heterocycles. The highest BCUT2D eigenvalue weighted by molar-refractivity contribution is 8.00. The molecule has 1 atom stereocenters. The molecule has 0 aliphatic carbocycles. The molecule has 2 aliphatic rings. The molecule has 1 saturated heterocycles. The fourth-order valence-corrected chi connectivity index (χ4v) is 4.95. The van der Waals surface area contributed by atoms with Crippen molar-refractivity contribution in [3.63, 3.8) is 0 Å². The molecule has 0 saturated carbocycles. The minimum atomic E-state index is -0.420. The normalized spacial score (nSPS) is 17.3. The molecule has 9 nitrogen and oxygen atoms in total. The van der Waals surface area contributed by atoms with Crippen molar-refractivity contribution in [1.29, 1.82) is 0 Å². The van der Waals surface area contributed by atoms with Crippen LogP contribution in [0.2, 0.25) is 0 Å². The van der Waals surface area contributed by atoms with E-state index in [1.807, 2.05) is 12.1 Å². The first-order valence-electron chi connectivity index (χ1n) is 11.3. The van der Waals surface area contributed by atoms with Crippen molar-refractivity contribution in [2.24, 2.45) is 0 Å². The molecule has 0 bridgehead atoms. The van der Waals surface area contributed by atoms with Gasteiger partial charge in [-0.25, -0.2) is 14.2 Å². The number of hydrogen-bond acceptors (Lipinski definition) is 8. The Bertz CT molecular complexity index is 1290. The zero-order valence-electron chi connectivity index (χ0n) is 19.0. The quantitative estimate of drug-likeness (QED) is 0.457. The first-order chi connectivity index (χ1) is 17.0. The van der Waals surface area contributed by atoms with Crippen molar-refractivity contribution in [2.45, 2.75) is 23.8 Å². The van der Waals surface area contributed by atoms with Gasteiger partial charge in [0.05, 0.1) is 42.3 Å². The van der Waals surface area contributed by atoms with Gasteiger partial charge in [-0.05, 0) is 43.7 Å². The van der Waals surface area contributed by atoms with Crippen LogP contribution in [0.1, 0.15) is 12.0 Å². The minimum absolute atomic E-state index is 0.0553. The molecule has 11 heteroatoms. The Morgan fingerprint density at radius 1 is 1.31 bits per heavy atom. The number of amides is 2. The van der Waals surface area contributed by atoms with Gasteiger partial charge in [-0.2, -0.15) is 0 Å². The first kappa shape index (κ1) is 23.3. The molecular formula is C24H24FN5O4S. The zero-order valence-corrected chi connectivity index (χ0v) is 19.9. The number of nitrogens with one attached hydrogen (secondary N) is 2. The van der Waals surface area contributed by atoms with Crippen molar-refractivity contribution in [3.8, 4) is 5.88 Å². The number of methoxy groups -OCH3 is 1. The zero-order chi connectivity index (χ0) is 24.4. The topological polar surface area (TPSA) is 106 Å². The Labute approximate surface area is 205 Å². The van der Waals surface area contributed by atoms with Crippen molar-refractivity contribution in [2.75, 3.05) is 42.7 Å². The van der Waals surface area contributed by atoms with Crippen LogP contribution in [0.4, 0.5) is 20.6 Å². The molecule has 1 unspecified atom stereocenters. The maximum absolute atomic E-state index is 14.4. The monoisotopic (exact) mass is 497 g/mol. The molecule has 1 fully saturated rings. The van der Waals surface area contributed by atoms with E-state index in [0.29, 0.717) is 72.1 Å². The van der Waals surface area contributed by atoms with Gasteiger partial charge in [-0.15, -0.1) is 11.8 Å². The SMILES string of the molecule is COc1ccc2ncc(F)c(CCCNCC3CN(c4ccc5c(c4)NC(=O)CS5)C(=O)O3)c2n1. The number of carbonyl (C=O) groups excluding carboxylic acids is 2. The number of aromatic nitrogens is 2. The van der Waals surface area contributed by atoms with E-state index >= 15 is 0 Å². The summed E-state index contributed by atoms with van der Waals surface area (Å²) in [6.45, 7) is 1.49. The third-order valence-electron chi connectivity index (χ3n) is 5.88. The second kappa shape index (κ2) is 10.0. The number of hydrogen-bond donors (Lipinski definition) is 2.